The highest BCUT2D eigenvalue weighted by Crippen LogP contribution is 2.39. The Morgan fingerprint density at radius 3 is 2.33 bits per heavy atom. The number of alkyl halides is 1. The number of aryl methyl sites for hydroxylation is 1. The molecule has 5 rings (SSSR count). The second kappa shape index (κ2) is 14.8. The highest BCUT2D eigenvalue weighted by Gasteiger charge is 2.45. The van der Waals surface area contributed by atoms with E-state index in [1.807, 2.05) is 42.5 Å². The van der Waals surface area contributed by atoms with Crippen LogP contribution < -0.4 is 10.6 Å². The predicted molar refractivity (Wildman–Crippen MR) is 181 cm³/mol. The van der Waals surface area contributed by atoms with Crippen molar-refractivity contribution < 1.29 is 33.0 Å². The largest absolute Gasteiger partial charge is 0.461 e. The fourth-order valence-electron chi connectivity index (χ4n) is 7.20. The van der Waals surface area contributed by atoms with Crippen molar-refractivity contribution in [1.29, 1.82) is 0 Å². The molecule has 258 valence electrons. The van der Waals surface area contributed by atoms with Crippen LogP contribution >= 0.6 is 0 Å². The number of esters is 1. The van der Waals surface area contributed by atoms with Gasteiger partial charge in [0.15, 0.2) is 0 Å². The lowest BCUT2D eigenvalue weighted by atomic mass is 9.78. The molecule has 1 aliphatic carbocycles. The molecule has 2 aromatic carbocycles. The fraction of sp³-hybridized carbons (Fsp3) is 0.514. The van der Waals surface area contributed by atoms with Gasteiger partial charge in [0, 0.05) is 42.0 Å². The maximum atomic E-state index is 14.1. The quantitative estimate of drug-likeness (QED) is 0.258. The average molecular weight is 663 g/mol. The van der Waals surface area contributed by atoms with Crippen molar-refractivity contribution in [2.24, 2.45) is 18.9 Å². The van der Waals surface area contributed by atoms with Crippen LogP contribution in [0.15, 0.2) is 54.6 Å². The number of aromatic nitrogens is 1. The summed E-state index contributed by atoms with van der Waals surface area (Å²) in [5.74, 6) is -1.35. The number of anilines is 1. The van der Waals surface area contributed by atoms with Crippen LogP contribution in [0, 0.1) is 11.8 Å². The first-order valence-corrected chi connectivity index (χ1v) is 16.9. The van der Waals surface area contributed by atoms with Gasteiger partial charge in [-0.05, 0) is 95.5 Å². The lowest BCUT2D eigenvalue weighted by molar-refractivity contribution is -0.141. The van der Waals surface area contributed by atoms with E-state index in [-0.39, 0.29) is 36.2 Å². The van der Waals surface area contributed by atoms with Crippen molar-refractivity contribution in [2.75, 3.05) is 25.1 Å². The number of likely N-dealkylation sites (tertiary alicyclic amines) is 1. The zero-order chi connectivity index (χ0) is 34.6. The summed E-state index contributed by atoms with van der Waals surface area (Å²) in [5.41, 5.74) is 2.11. The number of fused-ring (bicyclic) bond motifs is 1. The van der Waals surface area contributed by atoms with E-state index in [1.165, 1.54) is 0 Å². The number of alkyl carbamates (subject to hydrolysis) is 1. The van der Waals surface area contributed by atoms with E-state index in [0.717, 1.165) is 16.5 Å². The SMILES string of the molecule is CCOC(=O)c1cc2cc(NC(=O)[C@@H]3C(c4ccccc4)CCN3C(=O)C3CCC(C(CF)NC(=O)OC(C)(C)C)CC3)ccc2n1C. The van der Waals surface area contributed by atoms with E-state index in [1.54, 1.807) is 56.3 Å². The molecule has 10 nitrogen and oxygen atoms in total. The highest BCUT2D eigenvalue weighted by molar-refractivity contribution is 6.01. The van der Waals surface area contributed by atoms with E-state index in [4.69, 9.17) is 9.47 Å². The van der Waals surface area contributed by atoms with Gasteiger partial charge in [0.05, 0.1) is 12.6 Å². The summed E-state index contributed by atoms with van der Waals surface area (Å²) in [6.07, 6.45) is 2.26. The second-order valence-corrected chi connectivity index (χ2v) is 13.9. The predicted octanol–water partition coefficient (Wildman–Crippen LogP) is 6.35. The fourth-order valence-corrected chi connectivity index (χ4v) is 7.20. The molecule has 1 aliphatic heterocycles. The van der Waals surface area contributed by atoms with Gasteiger partial charge >= 0.3 is 12.1 Å². The number of ether oxygens (including phenoxy) is 2. The summed E-state index contributed by atoms with van der Waals surface area (Å²) < 4.78 is 26.3. The van der Waals surface area contributed by atoms with Crippen molar-refractivity contribution in [3.05, 3.63) is 65.9 Å². The number of halogens is 1. The number of benzene rings is 2. The first kappa shape index (κ1) is 34.9. The van der Waals surface area contributed by atoms with E-state index in [2.05, 4.69) is 10.6 Å². The third kappa shape index (κ3) is 7.82. The highest BCUT2D eigenvalue weighted by atomic mass is 19.1. The second-order valence-electron chi connectivity index (χ2n) is 13.9. The van der Waals surface area contributed by atoms with Crippen LogP contribution in [-0.2, 0) is 26.1 Å². The Kier molecular flexibility index (Phi) is 10.8. The topological polar surface area (TPSA) is 119 Å². The third-order valence-electron chi connectivity index (χ3n) is 9.53. The number of amides is 3. The number of rotatable bonds is 9. The van der Waals surface area contributed by atoms with Crippen LogP contribution in [0.2, 0.25) is 0 Å². The Balaban J connectivity index is 1.30. The van der Waals surface area contributed by atoms with Crippen LogP contribution in [0.5, 0.6) is 0 Å². The summed E-state index contributed by atoms with van der Waals surface area (Å²) in [4.78, 5) is 54.7. The van der Waals surface area contributed by atoms with Gasteiger partial charge in [-0.25, -0.2) is 14.0 Å². The van der Waals surface area contributed by atoms with Crippen molar-refractivity contribution >= 4 is 40.5 Å². The van der Waals surface area contributed by atoms with Crippen LogP contribution in [-0.4, -0.2) is 70.9 Å². The van der Waals surface area contributed by atoms with Gasteiger partial charge in [-0.2, -0.15) is 0 Å². The summed E-state index contributed by atoms with van der Waals surface area (Å²) in [7, 11) is 1.79. The lowest BCUT2D eigenvalue weighted by Gasteiger charge is -2.36. The molecule has 48 heavy (non-hydrogen) atoms. The molecule has 0 radical (unpaired) electrons. The molecule has 0 spiro atoms. The van der Waals surface area contributed by atoms with Gasteiger partial charge in [-0.3, -0.25) is 9.59 Å². The molecular formula is C37H47FN4O6. The number of hydrogen-bond donors (Lipinski definition) is 2. The Hall–Kier alpha value is -4.41. The number of hydrogen-bond acceptors (Lipinski definition) is 6. The molecule has 11 heteroatoms. The summed E-state index contributed by atoms with van der Waals surface area (Å²) in [6, 6.07) is 15.6. The molecule has 1 aromatic heterocycles. The van der Waals surface area contributed by atoms with Crippen LogP contribution in [0.25, 0.3) is 10.9 Å². The Labute approximate surface area is 281 Å². The number of carbonyl (C=O) groups excluding carboxylic acids is 4. The van der Waals surface area contributed by atoms with Crippen molar-refractivity contribution in [3.8, 4) is 0 Å². The molecule has 3 amide bonds. The molecule has 2 unspecified atom stereocenters. The number of carbonyl (C=O) groups is 4. The van der Waals surface area contributed by atoms with Crippen LogP contribution in [0.3, 0.4) is 0 Å². The summed E-state index contributed by atoms with van der Waals surface area (Å²) in [5, 5.41) is 6.52. The summed E-state index contributed by atoms with van der Waals surface area (Å²) in [6.45, 7) is 7.03. The molecular weight excluding hydrogens is 615 g/mol. The Morgan fingerprint density at radius 2 is 1.69 bits per heavy atom. The standard InChI is InChI=1S/C37H47FN4O6/c1-6-47-35(45)31-21-26-20-27(16-17-30(26)41(31)5)39-33(43)32-28(23-10-8-7-9-11-23)18-19-42(32)34(44)25-14-12-24(13-15-25)29(22-38)40-36(46)48-37(2,3)4/h7-11,16-17,20-21,24-25,28-29,32H,6,12-15,18-19,22H2,1-5H3,(H,39,43)(H,40,46)/t24?,25?,28?,29?,32-/m0/s1. The van der Waals surface area contributed by atoms with Gasteiger partial charge in [0.2, 0.25) is 11.8 Å². The van der Waals surface area contributed by atoms with E-state index < -0.39 is 36.4 Å². The molecule has 3 atom stereocenters. The Morgan fingerprint density at radius 1 is 0.979 bits per heavy atom. The smallest absolute Gasteiger partial charge is 0.407 e. The molecule has 2 fully saturated rings. The Bertz CT molecular complexity index is 1630. The first-order valence-electron chi connectivity index (χ1n) is 16.9. The van der Waals surface area contributed by atoms with E-state index >= 15 is 0 Å². The number of nitrogens with zero attached hydrogens (tertiary/aromatic N) is 2. The first-order chi connectivity index (χ1) is 22.9. The molecule has 0 bridgehead atoms. The van der Waals surface area contributed by atoms with Crippen molar-refractivity contribution in [1.82, 2.24) is 14.8 Å². The summed E-state index contributed by atoms with van der Waals surface area (Å²) >= 11 is 0. The van der Waals surface area contributed by atoms with Crippen molar-refractivity contribution in [2.45, 2.75) is 83.4 Å². The molecule has 2 aliphatic rings. The van der Waals surface area contributed by atoms with Crippen LogP contribution in [0.4, 0.5) is 14.9 Å². The van der Waals surface area contributed by atoms with Gasteiger partial charge in [0.25, 0.3) is 0 Å². The van der Waals surface area contributed by atoms with Gasteiger partial charge < -0.3 is 29.6 Å². The lowest BCUT2D eigenvalue weighted by Crippen LogP contribution is -2.49. The minimum atomic E-state index is -0.716. The zero-order valence-corrected chi connectivity index (χ0v) is 28.5. The molecule has 1 saturated carbocycles. The number of nitrogens with one attached hydrogen (secondary N) is 2. The van der Waals surface area contributed by atoms with E-state index in [0.29, 0.717) is 50.0 Å². The molecule has 3 aromatic rings. The third-order valence-corrected chi connectivity index (χ3v) is 9.53. The molecule has 2 N–H and O–H groups in total. The van der Waals surface area contributed by atoms with E-state index in [9.17, 15) is 23.6 Å². The average Bonchev–Trinajstić information content (AvgIpc) is 3.65. The monoisotopic (exact) mass is 662 g/mol. The van der Waals surface area contributed by atoms with Gasteiger partial charge in [-0.1, -0.05) is 30.3 Å². The van der Waals surface area contributed by atoms with Gasteiger partial charge in [0.1, 0.15) is 24.0 Å². The minimum absolute atomic E-state index is 0.0680. The van der Waals surface area contributed by atoms with Gasteiger partial charge in [-0.15, -0.1) is 0 Å². The van der Waals surface area contributed by atoms with Crippen LogP contribution in [0.1, 0.15) is 81.8 Å². The maximum Gasteiger partial charge on any atom is 0.407 e. The molecule has 1 saturated heterocycles. The maximum absolute atomic E-state index is 14.1. The zero-order valence-electron chi connectivity index (χ0n) is 28.5. The normalized spacial score (nSPS) is 21.8. The van der Waals surface area contributed by atoms with Crippen molar-refractivity contribution in [3.63, 3.8) is 0 Å². The minimum Gasteiger partial charge on any atom is -0.461 e. The molecule has 2 heterocycles.